The van der Waals surface area contributed by atoms with Crippen molar-refractivity contribution in [3.8, 4) is 0 Å². The lowest BCUT2D eigenvalue weighted by atomic mass is 10.1. The molecule has 0 spiro atoms. The lowest BCUT2D eigenvalue weighted by Gasteiger charge is -2.09. The Hall–Kier alpha value is -2.45. The third kappa shape index (κ3) is 4.28. The smallest absolute Gasteiger partial charge is 0.271 e. The minimum atomic E-state index is -0.109. The quantitative estimate of drug-likeness (QED) is 0.388. The van der Waals surface area contributed by atoms with Crippen LogP contribution in [0.1, 0.15) is 24.2 Å². The molecule has 0 aliphatic carbocycles. The number of nitrogens with zero attached hydrogens (tertiary/aromatic N) is 2. The first-order valence-corrected chi connectivity index (χ1v) is 10.2. The molecule has 8 heteroatoms. The van der Waals surface area contributed by atoms with Crippen LogP contribution in [0.5, 0.6) is 0 Å². The summed E-state index contributed by atoms with van der Waals surface area (Å²) in [5.74, 6) is -0.0718. The summed E-state index contributed by atoms with van der Waals surface area (Å²) in [4.78, 5) is 40.9. The van der Waals surface area contributed by atoms with E-state index in [1.807, 2.05) is 19.2 Å². The van der Waals surface area contributed by atoms with Gasteiger partial charge in [0.25, 0.3) is 5.56 Å². The Morgan fingerprint density at radius 1 is 1.22 bits per heavy atom. The number of ketones is 1. The molecule has 0 bridgehead atoms. The number of rotatable bonds is 6. The fourth-order valence-corrected chi connectivity index (χ4v) is 4.01. The minimum absolute atomic E-state index is 0.0681. The average molecular weight is 402 g/mol. The summed E-state index contributed by atoms with van der Waals surface area (Å²) < 4.78 is 2.09. The van der Waals surface area contributed by atoms with Gasteiger partial charge in [-0.25, -0.2) is 4.98 Å². The zero-order valence-electron chi connectivity index (χ0n) is 15.2. The van der Waals surface area contributed by atoms with Gasteiger partial charge in [0.15, 0.2) is 10.9 Å². The van der Waals surface area contributed by atoms with Crippen LogP contribution in [0.15, 0.2) is 45.7 Å². The van der Waals surface area contributed by atoms with Crippen LogP contribution in [0, 0.1) is 5.92 Å². The lowest BCUT2D eigenvalue weighted by molar-refractivity contribution is -0.118. The molecule has 2 aromatic heterocycles. The van der Waals surface area contributed by atoms with Gasteiger partial charge >= 0.3 is 0 Å². The van der Waals surface area contributed by atoms with Crippen molar-refractivity contribution in [2.24, 2.45) is 13.0 Å². The number of hydrogen-bond donors (Lipinski definition) is 1. The average Bonchev–Trinajstić information content (AvgIpc) is 3.12. The second kappa shape index (κ2) is 8.06. The van der Waals surface area contributed by atoms with Crippen molar-refractivity contribution in [2.45, 2.75) is 19.0 Å². The molecule has 1 amide bonds. The number of anilines is 1. The van der Waals surface area contributed by atoms with E-state index in [0.717, 1.165) is 0 Å². The summed E-state index contributed by atoms with van der Waals surface area (Å²) in [5.41, 5.74) is 1.76. The Kier molecular flexibility index (Phi) is 5.76. The molecular weight excluding hydrogens is 382 g/mol. The summed E-state index contributed by atoms with van der Waals surface area (Å²) >= 11 is 2.60. The van der Waals surface area contributed by atoms with Gasteiger partial charge in [0.1, 0.15) is 4.70 Å². The standard InChI is InChI=1S/C19H19N3O3S2/c1-11(2)17(24)20-13-6-4-12(5-7-13)15(23)10-27-19-21-14-8-9-26-16(14)18(25)22(19)3/h4-9,11H,10H2,1-3H3,(H,20,24). The molecule has 27 heavy (non-hydrogen) atoms. The first-order valence-electron chi connectivity index (χ1n) is 8.38. The normalized spacial score (nSPS) is 11.1. The van der Waals surface area contributed by atoms with Crippen LogP contribution in [-0.2, 0) is 11.8 Å². The SMILES string of the molecule is CC(C)C(=O)Nc1ccc(C(=O)CSc2nc3ccsc3c(=O)n2C)cc1. The molecule has 0 saturated heterocycles. The number of thioether (sulfide) groups is 1. The number of Topliss-reactive ketones (excluding diaryl/α,β-unsaturated/α-hetero) is 1. The van der Waals surface area contributed by atoms with E-state index < -0.39 is 0 Å². The van der Waals surface area contributed by atoms with Crippen molar-refractivity contribution in [1.82, 2.24) is 9.55 Å². The molecular formula is C19H19N3O3S2. The van der Waals surface area contributed by atoms with Gasteiger partial charge in [-0.05, 0) is 35.7 Å². The predicted octanol–water partition coefficient (Wildman–Crippen LogP) is 3.56. The van der Waals surface area contributed by atoms with Crippen molar-refractivity contribution >= 4 is 50.7 Å². The molecule has 140 valence electrons. The van der Waals surface area contributed by atoms with Gasteiger partial charge in [0, 0.05) is 24.2 Å². The molecule has 0 unspecified atom stereocenters. The molecule has 6 nitrogen and oxygen atoms in total. The fourth-order valence-electron chi connectivity index (χ4n) is 2.34. The van der Waals surface area contributed by atoms with E-state index in [9.17, 15) is 14.4 Å². The Bertz CT molecular complexity index is 1050. The topological polar surface area (TPSA) is 81.1 Å². The van der Waals surface area contributed by atoms with Gasteiger partial charge in [-0.2, -0.15) is 0 Å². The third-order valence-electron chi connectivity index (χ3n) is 3.98. The summed E-state index contributed by atoms with van der Waals surface area (Å²) in [6, 6.07) is 8.60. The molecule has 0 saturated carbocycles. The summed E-state index contributed by atoms with van der Waals surface area (Å²) in [7, 11) is 1.66. The maximum Gasteiger partial charge on any atom is 0.271 e. The predicted molar refractivity (Wildman–Crippen MR) is 110 cm³/mol. The Morgan fingerprint density at radius 3 is 2.59 bits per heavy atom. The largest absolute Gasteiger partial charge is 0.326 e. The van der Waals surface area contributed by atoms with Crippen LogP contribution in [0.3, 0.4) is 0 Å². The second-order valence-electron chi connectivity index (χ2n) is 6.33. The summed E-state index contributed by atoms with van der Waals surface area (Å²) in [6.07, 6.45) is 0. The summed E-state index contributed by atoms with van der Waals surface area (Å²) in [5, 5.41) is 5.14. The Labute approximate surface area is 164 Å². The molecule has 1 N–H and O–H groups in total. The molecule has 0 radical (unpaired) electrons. The number of aromatic nitrogens is 2. The van der Waals surface area contributed by atoms with E-state index >= 15 is 0 Å². The number of carbonyl (C=O) groups is 2. The van der Waals surface area contributed by atoms with Gasteiger partial charge < -0.3 is 5.32 Å². The van der Waals surface area contributed by atoms with Crippen LogP contribution in [0.4, 0.5) is 5.69 Å². The van der Waals surface area contributed by atoms with Crippen molar-refractivity contribution in [1.29, 1.82) is 0 Å². The molecule has 0 aliphatic heterocycles. The number of hydrogen-bond acceptors (Lipinski definition) is 6. The number of benzene rings is 1. The zero-order chi connectivity index (χ0) is 19.6. The van der Waals surface area contributed by atoms with Crippen LogP contribution in [0.25, 0.3) is 10.2 Å². The highest BCUT2D eigenvalue weighted by molar-refractivity contribution is 7.99. The number of amides is 1. The van der Waals surface area contributed by atoms with Crippen molar-refractivity contribution in [2.75, 3.05) is 11.1 Å². The van der Waals surface area contributed by atoms with Crippen LogP contribution in [-0.4, -0.2) is 27.0 Å². The lowest BCUT2D eigenvalue weighted by Crippen LogP contribution is -2.19. The number of carbonyl (C=O) groups excluding carboxylic acids is 2. The van der Waals surface area contributed by atoms with Gasteiger partial charge in [-0.3, -0.25) is 19.0 Å². The minimum Gasteiger partial charge on any atom is -0.326 e. The van der Waals surface area contributed by atoms with Crippen molar-refractivity contribution < 1.29 is 9.59 Å². The van der Waals surface area contributed by atoms with E-state index in [1.54, 1.807) is 37.4 Å². The molecule has 0 fully saturated rings. The Morgan fingerprint density at radius 2 is 1.93 bits per heavy atom. The number of thiophene rings is 1. The first kappa shape index (κ1) is 19.3. The number of fused-ring (bicyclic) bond motifs is 1. The van der Waals surface area contributed by atoms with Crippen LogP contribution < -0.4 is 10.9 Å². The van der Waals surface area contributed by atoms with Crippen molar-refractivity contribution in [3.05, 3.63) is 51.6 Å². The van der Waals surface area contributed by atoms with Crippen LogP contribution >= 0.6 is 23.1 Å². The van der Waals surface area contributed by atoms with Gasteiger partial charge in [0.05, 0.1) is 11.3 Å². The third-order valence-corrected chi connectivity index (χ3v) is 5.90. The monoisotopic (exact) mass is 401 g/mol. The van der Waals surface area contributed by atoms with Gasteiger partial charge in [-0.1, -0.05) is 25.6 Å². The molecule has 3 rings (SSSR count). The van der Waals surface area contributed by atoms with E-state index in [2.05, 4.69) is 10.3 Å². The van der Waals surface area contributed by atoms with E-state index in [1.165, 1.54) is 27.7 Å². The Balaban J connectivity index is 1.68. The van der Waals surface area contributed by atoms with Gasteiger partial charge in [-0.15, -0.1) is 11.3 Å². The molecule has 0 atom stereocenters. The van der Waals surface area contributed by atoms with Gasteiger partial charge in [0.2, 0.25) is 5.91 Å². The highest BCUT2D eigenvalue weighted by Gasteiger charge is 2.13. The highest BCUT2D eigenvalue weighted by Crippen LogP contribution is 2.21. The number of nitrogens with one attached hydrogen (secondary N) is 1. The fraction of sp³-hybridized carbons (Fsp3) is 0.263. The molecule has 3 aromatic rings. The first-order chi connectivity index (χ1) is 12.9. The van der Waals surface area contributed by atoms with E-state index in [4.69, 9.17) is 0 Å². The van der Waals surface area contributed by atoms with Crippen molar-refractivity contribution in [3.63, 3.8) is 0 Å². The molecule has 0 aliphatic rings. The molecule has 2 heterocycles. The van der Waals surface area contributed by atoms with E-state index in [0.29, 0.717) is 26.6 Å². The van der Waals surface area contributed by atoms with Crippen LogP contribution in [0.2, 0.25) is 0 Å². The summed E-state index contributed by atoms with van der Waals surface area (Å²) in [6.45, 7) is 3.64. The maximum atomic E-state index is 12.4. The maximum absolute atomic E-state index is 12.4. The molecule has 1 aromatic carbocycles. The zero-order valence-corrected chi connectivity index (χ0v) is 16.8. The second-order valence-corrected chi connectivity index (χ2v) is 8.19. The highest BCUT2D eigenvalue weighted by atomic mass is 32.2. The van der Waals surface area contributed by atoms with E-state index in [-0.39, 0.29) is 28.9 Å².